The minimum Gasteiger partial charge on any atom is -0.454 e. The predicted molar refractivity (Wildman–Crippen MR) is 104 cm³/mol. The van der Waals surface area contributed by atoms with Crippen LogP contribution in [0.3, 0.4) is 0 Å². The number of benzene rings is 1. The number of unbranched alkanes of at least 4 members (excludes halogenated alkanes) is 2. The van der Waals surface area contributed by atoms with Crippen LogP contribution in [-0.2, 0) is 4.79 Å². The van der Waals surface area contributed by atoms with Gasteiger partial charge in [-0.25, -0.2) is 0 Å². The highest BCUT2D eigenvalue weighted by Crippen LogP contribution is 2.32. The lowest BCUT2D eigenvalue weighted by Crippen LogP contribution is -2.37. The number of amides is 1. The maximum atomic E-state index is 12.3. The van der Waals surface area contributed by atoms with E-state index in [9.17, 15) is 4.79 Å². The van der Waals surface area contributed by atoms with Crippen molar-refractivity contribution in [3.63, 3.8) is 0 Å². The third-order valence-corrected chi connectivity index (χ3v) is 5.18. The summed E-state index contributed by atoms with van der Waals surface area (Å²) in [6.45, 7) is 4.32. The molecule has 0 saturated carbocycles. The quantitative estimate of drug-likeness (QED) is 0.400. The van der Waals surface area contributed by atoms with Crippen LogP contribution >= 0.6 is 0 Å². The first-order valence-corrected chi connectivity index (χ1v) is 9.79. The van der Waals surface area contributed by atoms with Gasteiger partial charge in [0.15, 0.2) is 11.5 Å². The summed E-state index contributed by atoms with van der Waals surface area (Å²) in [5.74, 6) is 2.48. The molecule has 26 heavy (non-hydrogen) atoms. The summed E-state index contributed by atoms with van der Waals surface area (Å²) in [6.07, 6.45) is 14.9. The second kappa shape index (κ2) is 9.46. The molecule has 0 unspecified atom stereocenters. The highest BCUT2D eigenvalue weighted by Gasteiger charge is 2.20. The van der Waals surface area contributed by atoms with Crippen molar-refractivity contribution in [3.8, 4) is 11.5 Å². The van der Waals surface area contributed by atoms with Gasteiger partial charge >= 0.3 is 0 Å². The molecule has 1 fully saturated rings. The van der Waals surface area contributed by atoms with Gasteiger partial charge in [-0.3, -0.25) is 4.79 Å². The molecule has 1 saturated heterocycles. The van der Waals surface area contributed by atoms with Crippen LogP contribution in [-0.4, -0.2) is 30.7 Å². The monoisotopic (exact) mass is 355 g/mol. The molecule has 0 atom stereocenters. The number of rotatable bonds is 7. The van der Waals surface area contributed by atoms with Crippen molar-refractivity contribution in [2.24, 2.45) is 5.92 Å². The number of carbonyl (C=O) groups is 1. The standard InChI is InChI=1S/C22H29NO3/c1-2-3-4-7-18-12-14-23(15-13-18)22(24)9-6-5-8-19-10-11-20-21(16-19)26-17-25-20/h5-6,8-11,16,18H,2-4,7,12-15,17H2,1H3/b8-5+,9-6+. The third-order valence-electron chi connectivity index (χ3n) is 5.18. The number of hydrogen-bond donors (Lipinski definition) is 0. The predicted octanol–water partition coefficient (Wildman–Crippen LogP) is 4.80. The Hall–Kier alpha value is -2.23. The van der Waals surface area contributed by atoms with Crippen LogP contribution in [0, 0.1) is 5.92 Å². The Morgan fingerprint density at radius 2 is 1.96 bits per heavy atom. The normalized spacial score (nSPS) is 17.5. The van der Waals surface area contributed by atoms with Gasteiger partial charge < -0.3 is 14.4 Å². The zero-order valence-corrected chi connectivity index (χ0v) is 15.7. The van der Waals surface area contributed by atoms with Crippen molar-refractivity contribution in [1.82, 2.24) is 4.90 Å². The maximum Gasteiger partial charge on any atom is 0.246 e. The molecule has 0 aromatic heterocycles. The van der Waals surface area contributed by atoms with Crippen molar-refractivity contribution >= 4 is 12.0 Å². The van der Waals surface area contributed by atoms with Crippen LogP contribution in [0.5, 0.6) is 11.5 Å². The molecule has 2 heterocycles. The van der Waals surface area contributed by atoms with E-state index in [0.717, 1.165) is 48.9 Å². The molecular weight excluding hydrogens is 326 g/mol. The van der Waals surface area contributed by atoms with Crippen molar-refractivity contribution in [2.75, 3.05) is 19.9 Å². The number of piperidine rings is 1. The lowest BCUT2D eigenvalue weighted by Gasteiger charge is -2.31. The first-order valence-electron chi connectivity index (χ1n) is 9.79. The summed E-state index contributed by atoms with van der Waals surface area (Å²) in [6, 6.07) is 5.82. The molecule has 0 radical (unpaired) electrons. The van der Waals surface area contributed by atoms with Gasteiger partial charge in [-0.05, 0) is 36.5 Å². The summed E-state index contributed by atoms with van der Waals surface area (Å²) in [5, 5.41) is 0. The molecule has 140 valence electrons. The number of nitrogens with zero attached hydrogens (tertiary/aromatic N) is 1. The molecule has 0 spiro atoms. The van der Waals surface area contributed by atoms with E-state index >= 15 is 0 Å². The summed E-state index contributed by atoms with van der Waals surface area (Å²) in [4.78, 5) is 14.3. The molecular formula is C22H29NO3. The van der Waals surface area contributed by atoms with Gasteiger partial charge in [0.05, 0.1) is 0 Å². The Morgan fingerprint density at radius 3 is 2.77 bits per heavy atom. The summed E-state index contributed by atoms with van der Waals surface area (Å²) < 4.78 is 10.7. The van der Waals surface area contributed by atoms with Crippen LogP contribution in [0.1, 0.15) is 51.0 Å². The van der Waals surface area contributed by atoms with Crippen molar-refractivity contribution in [1.29, 1.82) is 0 Å². The SMILES string of the molecule is CCCCCC1CCN(C(=O)/C=C/C=C/c2ccc3c(c2)OCO3)CC1. The molecule has 4 nitrogen and oxygen atoms in total. The smallest absolute Gasteiger partial charge is 0.246 e. The van der Waals surface area contributed by atoms with Crippen molar-refractivity contribution in [3.05, 3.63) is 42.0 Å². The minimum atomic E-state index is 0.118. The van der Waals surface area contributed by atoms with Crippen LogP contribution in [0.2, 0.25) is 0 Å². The second-order valence-electron chi connectivity index (χ2n) is 7.10. The van der Waals surface area contributed by atoms with Crippen LogP contribution in [0.25, 0.3) is 6.08 Å². The molecule has 2 aliphatic heterocycles. The highest BCUT2D eigenvalue weighted by atomic mass is 16.7. The number of ether oxygens (including phenoxy) is 2. The number of likely N-dealkylation sites (tertiary alicyclic amines) is 1. The lowest BCUT2D eigenvalue weighted by atomic mass is 9.91. The topological polar surface area (TPSA) is 38.8 Å². The molecule has 1 amide bonds. The summed E-state index contributed by atoms with van der Waals surface area (Å²) in [7, 11) is 0. The van der Waals surface area contributed by atoms with E-state index < -0.39 is 0 Å². The zero-order valence-electron chi connectivity index (χ0n) is 15.7. The first-order chi connectivity index (χ1) is 12.8. The van der Waals surface area contributed by atoms with E-state index in [1.807, 2.05) is 41.3 Å². The van der Waals surface area contributed by atoms with Gasteiger partial charge in [0.25, 0.3) is 0 Å². The minimum absolute atomic E-state index is 0.118. The number of carbonyl (C=O) groups excluding carboxylic acids is 1. The summed E-state index contributed by atoms with van der Waals surface area (Å²) >= 11 is 0. The van der Waals surface area contributed by atoms with Gasteiger partial charge in [0, 0.05) is 19.2 Å². The van der Waals surface area contributed by atoms with Crippen LogP contribution < -0.4 is 9.47 Å². The van der Waals surface area contributed by atoms with Gasteiger partial charge in [-0.2, -0.15) is 0 Å². The Labute approximate surface area is 156 Å². The fraction of sp³-hybridized carbons (Fsp3) is 0.500. The number of fused-ring (bicyclic) bond motifs is 1. The van der Waals surface area contributed by atoms with Crippen molar-refractivity contribution in [2.45, 2.75) is 45.4 Å². The van der Waals surface area contributed by atoms with Crippen LogP contribution in [0.4, 0.5) is 0 Å². The molecule has 0 bridgehead atoms. The Kier molecular flexibility index (Phi) is 6.75. The van der Waals surface area contributed by atoms with E-state index in [0.29, 0.717) is 0 Å². The van der Waals surface area contributed by atoms with Gasteiger partial charge in [-0.1, -0.05) is 56.9 Å². The molecule has 1 aromatic carbocycles. The summed E-state index contributed by atoms with van der Waals surface area (Å²) in [5.41, 5.74) is 1.03. The molecule has 1 aromatic rings. The van der Waals surface area contributed by atoms with Gasteiger partial charge in [-0.15, -0.1) is 0 Å². The van der Waals surface area contributed by atoms with Gasteiger partial charge in [0.1, 0.15) is 0 Å². The van der Waals surface area contributed by atoms with E-state index in [1.165, 1.54) is 25.7 Å². The van der Waals surface area contributed by atoms with E-state index in [-0.39, 0.29) is 12.7 Å². The fourth-order valence-corrected chi connectivity index (χ4v) is 3.55. The van der Waals surface area contributed by atoms with Crippen LogP contribution in [0.15, 0.2) is 36.4 Å². The Balaban J connectivity index is 1.42. The zero-order chi connectivity index (χ0) is 18.2. The molecule has 4 heteroatoms. The Morgan fingerprint density at radius 1 is 1.15 bits per heavy atom. The van der Waals surface area contributed by atoms with Crippen molar-refractivity contribution < 1.29 is 14.3 Å². The fourth-order valence-electron chi connectivity index (χ4n) is 3.55. The molecule has 0 N–H and O–H groups in total. The third kappa shape index (κ3) is 5.13. The van der Waals surface area contributed by atoms with E-state index in [2.05, 4.69) is 6.92 Å². The Bertz CT molecular complexity index is 657. The van der Waals surface area contributed by atoms with E-state index in [4.69, 9.17) is 9.47 Å². The van der Waals surface area contributed by atoms with E-state index in [1.54, 1.807) is 6.08 Å². The molecule has 0 aliphatic carbocycles. The first kappa shape index (κ1) is 18.6. The maximum absolute atomic E-state index is 12.3. The average molecular weight is 355 g/mol. The largest absolute Gasteiger partial charge is 0.454 e. The highest BCUT2D eigenvalue weighted by molar-refractivity contribution is 5.88. The molecule has 2 aliphatic rings. The average Bonchev–Trinajstić information content (AvgIpc) is 3.13. The number of hydrogen-bond acceptors (Lipinski definition) is 3. The second-order valence-corrected chi connectivity index (χ2v) is 7.10. The lowest BCUT2D eigenvalue weighted by molar-refractivity contribution is -0.127. The molecule has 3 rings (SSSR count). The number of allylic oxidation sites excluding steroid dienone is 2. The van der Waals surface area contributed by atoms with Gasteiger partial charge in [0.2, 0.25) is 12.7 Å².